The summed E-state index contributed by atoms with van der Waals surface area (Å²) in [5, 5.41) is 8.64. The van der Waals surface area contributed by atoms with E-state index in [0.29, 0.717) is 0 Å². The second-order valence-electron chi connectivity index (χ2n) is 2.72. The lowest BCUT2D eigenvalue weighted by Crippen LogP contribution is -2.09. The third-order valence-electron chi connectivity index (χ3n) is 1.65. The summed E-state index contributed by atoms with van der Waals surface area (Å²) in [5.74, 6) is -1.34. The van der Waals surface area contributed by atoms with Crippen LogP contribution in [0.3, 0.4) is 0 Å². The molecule has 0 aliphatic carbocycles. The van der Waals surface area contributed by atoms with E-state index in [1.807, 2.05) is 0 Å². The number of carboxylic acids is 1. The molecule has 6 heteroatoms. The van der Waals surface area contributed by atoms with Gasteiger partial charge in [-0.3, -0.25) is 0 Å². The molecule has 0 aliphatic rings. The lowest BCUT2D eigenvalue weighted by Gasteiger charge is -2.07. The van der Waals surface area contributed by atoms with Gasteiger partial charge in [0, 0.05) is 5.69 Å². The maximum absolute atomic E-state index is 12.3. The van der Waals surface area contributed by atoms with Gasteiger partial charge in [0.15, 0.2) is 0 Å². The highest BCUT2D eigenvalue weighted by molar-refractivity contribution is 5.94. The van der Waals surface area contributed by atoms with Crippen LogP contribution < -0.4 is 5.73 Å². The number of rotatable bonds is 2. The molecule has 1 aromatic heterocycles. The summed E-state index contributed by atoms with van der Waals surface area (Å²) in [6.07, 6.45) is -2.87. The smallest absolute Gasteiger partial charge is 0.337 e. The Hall–Kier alpha value is -1.72. The Balaban J connectivity index is 3.40. The van der Waals surface area contributed by atoms with Crippen molar-refractivity contribution in [3.05, 3.63) is 23.0 Å². The van der Waals surface area contributed by atoms with E-state index in [2.05, 4.69) is 4.98 Å². The van der Waals surface area contributed by atoms with Gasteiger partial charge in [-0.2, -0.15) is 0 Å². The minimum absolute atomic E-state index is 0.201. The fourth-order valence-corrected chi connectivity index (χ4v) is 1.05. The number of aromatic nitrogens is 1. The van der Waals surface area contributed by atoms with E-state index in [1.54, 1.807) is 0 Å². The Labute approximate surface area is 78.4 Å². The molecule has 14 heavy (non-hydrogen) atoms. The highest BCUT2D eigenvalue weighted by Crippen LogP contribution is 2.26. The highest BCUT2D eigenvalue weighted by atomic mass is 19.3. The van der Waals surface area contributed by atoms with E-state index in [4.69, 9.17) is 10.8 Å². The molecular weight excluding hydrogens is 194 g/mol. The maximum atomic E-state index is 12.3. The molecule has 1 heterocycles. The molecule has 0 aliphatic heterocycles. The normalized spacial score (nSPS) is 10.6. The second-order valence-corrected chi connectivity index (χ2v) is 2.72. The Morgan fingerprint density at radius 2 is 2.21 bits per heavy atom. The molecule has 0 amide bonds. The molecule has 0 spiro atoms. The van der Waals surface area contributed by atoms with Crippen molar-refractivity contribution < 1.29 is 18.7 Å². The number of hydrogen-bond acceptors (Lipinski definition) is 3. The molecule has 3 N–H and O–H groups in total. The first-order valence-electron chi connectivity index (χ1n) is 3.72. The predicted molar refractivity (Wildman–Crippen MR) is 45.3 cm³/mol. The second kappa shape index (κ2) is 3.57. The van der Waals surface area contributed by atoms with Crippen LogP contribution in [0, 0.1) is 6.92 Å². The van der Waals surface area contributed by atoms with Gasteiger partial charge in [-0.25, -0.2) is 18.6 Å². The van der Waals surface area contributed by atoms with Gasteiger partial charge in [0.2, 0.25) is 0 Å². The van der Waals surface area contributed by atoms with Crippen molar-refractivity contribution >= 4 is 11.7 Å². The van der Waals surface area contributed by atoms with Crippen molar-refractivity contribution in [3.8, 4) is 0 Å². The molecule has 0 fully saturated rings. The molecule has 1 rings (SSSR count). The number of nitrogen functional groups attached to an aromatic ring is 1. The standard InChI is InChI=1S/C8H8F2N2O2/c1-3-2-4(8(13)14)5(11)6(12-3)7(9)10/h2,7H,11H2,1H3,(H,13,14). The first-order chi connectivity index (χ1) is 6.43. The van der Waals surface area contributed by atoms with Crippen molar-refractivity contribution in [2.24, 2.45) is 0 Å². The number of hydrogen-bond donors (Lipinski definition) is 2. The zero-order valence-electron chi connectivity index (χ0n) is 7.29. The van der Waals surface area contributed by atoms with Crippen molar-refractivity contribution in [3.63, 3.8) is 0 Å². The number of nitrogens with zero attached hydrogens (tertiary/aromatic N) is 1. The fraction of sp³-hybridized carbons (Fsp3) is 0.250. The van der Waals surface area contributed by atoms with Gasteiger partial charge in [0.25, 0.3) is 6.43 Å². The zero-order chi connectivity index (χ0) is 10.9. The average Bonchev–Trinajstić information content (AvgIpc) is 2.07. The van der Waals surface area contributed by atoms with E-state index >= 15 is 0 Å². The van der Waals surface area contributed by atoms with Crippen molar-refractivity contribution in [2.75, 3.05) is 5.73 Å². The van der Waals surface area contributed by atoms with Crippen LogP contribution >= 0.6 is 0 Å². The zero-order valence-corrected chi connectivity index (χ0v) is 7.29. The number of carbonyl (C=O) groups is 1. The van der Waals surface area contributed by atoms with Crippen molar-refractivity contribution in [1.82, 2.24) is 4.98 Å². The lowest BCUT2D eigenvalue weighted by atomic mass is 10.1. The molecule has 0 radical (unpaired) electrons. The molecule has 0 bridgehead atoms. The molecule has 0 unspecified atom stereocenters. The molecule has 0 saturated carbocycles. The number of nitrogens with two attached hydrogens (primary N) is 1. The van der Waals surface area contributed by atoms with Crippen LogP contribution in [-0.4, -0.2) is 16.1 Å². The SMILES string of the molecule is Cc1cc(C(=O)O)c(N)c(C(F)F)n1. The summed E-state index contributed by atoms with van der Waals surface area (Å²) in [7, 11) is 0. The number of pyridine rings is 1. The Morgan fingerprint density at radius 3 is 2.64 bits per heavy atom. The molecule has 0 saturated heterocycles. The summed E-state index contributed by atoms with van der Waals surface area (Å²) in [5.41, 5.74) is 3.94. The summed E-state index contributed by atoms with van der Waals surface area (Å²) in [4.78, 5) is 14.1. The molecule has 0 atom stereocenters. The molecule has 4 nitrogen and oxygen atoms in total. The van der Waals surface area contributed by atoms with E-state index in [9.17, 15) is 13.6 Å². The Kier molecular flexibility index (Phi) is 2.64. The van der Waals surface area contributed by atoms with Crippen LogP contribution in [0.4, 0.5) is 14.5 Å². The monoisotopic (exact) mass is 202 g/mol. The number of anilines is 1. The lowest BCUT2D eigenvalue weighted by molar-refractivity contribution is 0.0697. The first-order valence-corrected chi connectivity index (χ1v) is 3.72. The number of carboxylic acid groups (broad SMARTS) is 1. The number of aromatic carboxylic acids is 1. The van der Waals surface area contributed by atoms with Gasteiger partial charge >= 0.3 is 5.97 Å². The van der Waals surface area contributed by atoms with Crippen molar-refractivity contribution in [1.29, 1.82) is 0 Å². The van der Waals surface area contributed by atoms with Gasteiger partial charge in [0.1, 0.15) is 5.69 Å². The van der Waals surface area contributed by atoms with E-state index in [0.717, 1.165) is 6.07 Å². The number of halogens is 2. The van der Waals surface area contributed by atoms with Crippen LogP contribution in [0.25, 0.3) is 0 Å². The van der Waals surface area contributed by atoms with Crippen LogP contribution in [0.1, 0.15) is 28.2 Å². The van der Waals surface area contributed by atoms with Gasteiger partial charge in [0.05, 0.1) is 11.3 Å². The summed E-state index contributed by atoms with van der Waals surface area (Å²) in [6.45, 7) is 1.43. The first kappa shape index (κ1) is 10.4. The van der Waals surface area contributed by atoms with Crippen molar-refractivity contribution in [2.45, 2.75) is 13.3 Å². The number of alkyl halides is 2. The van der Waals surface area contributed by atoms with Gasteiger partial charge in [-0.1, -0.05) is 0 Å². The van der Waals surface area contributed by atoms with Crippen LogP contribution in [-0.2, 0) is 0 Å². The topological polar surface area (TPSA) is 76.2 Å². The average molecular weight is 202 g/mol. The van der Waals surface area contributed by atoms with Gasteiger partial charge < -0.3 is 10.8 Å². The minimum Gasteiger partial charge on any atom is -0.478 e. The van der Waals surface area contributed by atoms with E-state index in [1.165, 1.54) is 6.92 Å². The third kappa shape index (κ3) is 1.78. The molecule has 76 valence electrons. The van der Waals surface area contributed by atoms with Gasteiger partial charge in [-0.15, -0.1) is 0 Å². The van der Waals surface area contributed by atoms with E-state index in [-0.39, 0.29) is 11.3 Å². The predicted octanol–water partition coefficient (Wildman–Crippen LogP) is 1.61. The number of aryl methyl sites for hydroxylation is 1. The summed E-state index contributed by atoms with van der Waals surface area (Å²) >= 11 is 0. The van der Waals surface area contributed by atoms with Crippen LogP contribution in [0.5, 0.6) is 0 Å². The largest absolute Gasteiger partial charge is 0.478 e. The van der Waals surface area contributed by atoms with E-state index < -0.39 is 23.8 Å². The molecular formula is C8H8F2N2O2. The molecule has 1 aromatic rings. The fourth-order valence-electron chi connectivity index (χ4n) is 1.05. The Morgan fingerprint density at radius 1 is 1.64 bits per heavy atom. The van der Waals surface area contributed by atoms with Crippen LogP contribution in [0.15, 0.2) is 6.07 Å². The summed E-state index contributed by atoms with van der Waals surface area (Å²) in [6, 6.07) is 1.16. The van der Waals surface area contributed by atoms with Gasteiger partial charge in [-0.05, 0) is 13.0 Å². The quantitative estimate of drug-likeness (QED) is 0.763. The Bertz CT molecular complexity index is 380. The maximum Gasteiger partial charge on any atom is 0.337 e. The third-order valence-corrected chi connectivity index (χ3v) is 1.65. The molecule has 0 aromatic carbocycles. The van der Waals surface area contributed by atoms with Crippen LogP contribution in [0.2, 0.25) is 0 Å². The highest BCUT2D eigenvalue weighted by Gasteiger charge is 2.19. The summed E-state index contributed by atoms with van der Waals surface area (Å²) < 4.78 is 24.6. The minimum atomic E-state index is -2.87.